The van der Waals surface area contributed by atoms with Crippen molar-refractivity contribution < 1.29 is 0 Å². The lowest BCUT2D eigenvalue weighted by Crippen LogP contribution is -2.14. The molecule has 0 bridgehead atoms. The van der Waals surface area contributed by atoms with Gasteiger partial charge in [-0.15, -0.1) is 0 Å². The van der Waals surface area contributed by atoms with Crippen molar-refractivity contribution in [2.75, 3.05) is 0 Å². The molecule has 0 radical (unpaired) electrons. The molecular formula is C22H25N. The number of benzene rings is 1. The highest BCUT2D eigenvalue weighted by Crippen LogP contribution is 2.38. The highest BCUT2D eigenvalue weighted by atomic mass is 14.7. The molecule has 3 rings (SSSR count). The monoisotopic (exact) mass is 303 g/mol. The quantitative estimate of drug-likeness (QED) is 0.694. The predicted molar refractivity (Wildman–Crippen MR) is 99.1 cm³/mol. The summed E-state index contributed by atoms with van der Waals surface area (Å²) in [5.74, 6) is 1.15. The summed E-state index contributed by atoms with van der Waals surface area (Å²) in [6.07, 6.45) is 7.82. The van der Waals surface area contributed by atoms with Crippen molar-refractivity contribution in [3.05, 3.63) is 77.1 Å². The number of hydrogen-bond acceptors (Lipinski definition) is 1. The molecule has 0 N–H and O–H groups in total. The molecular weight excluding hydrogens is 278 g/mol. The van der Waals surface area contributed by atoms with Crippen LogP contribution < -0.4 is 0 Å². The number of pyridine rings is 1. The first kappa shape index (κ1) is 15.7. The van der Waals surface area contributed by atoms with Gasteiger partial charge in [0.25, 0.3) is 0 Å². The van der Waals surface area contributed by atoms with E-state index in [0.29, 0.717) is 11.8 Å². The summed E-state index contributed by atoms with van der Waals surface area (Å²) >= 11 is 0. The first-order chi connectivity index (χ1) is 11.1. The standard InChI is InChI=1S/C22H25N/c1-15(2)20-11-10-19(18-8-6-5-7-9-18)13-21(20)22-12-16(3)17(4)14-23-22/h5-10,12-15,20H,11H2,1-4H3. The van der Waals surface area contributed by atoms with Gasteiger partial charge < -0.3 is 0 Å². The fraction of sp³-hybridized carbons (Fsp3) is 0.318. The largest absolute Gasteiger partial charge is 0.256 e. The highest BCUT2D eigenvalue weighted by molar-refractivity contribution is 5.86. The first-order valence-electron chi connectivity index (χ1n) is 8.47. The van der Waals surface area contributed by atoms with Crippen LogP contribution in [0, 0.1) is 25.7 Å². The van der Waals surface area contributed by atoms with Crippen molar-refractivity contribution in [2.45, 2.75) is 34.1 Å². The Balaban J connectivity index is 2.05. The van der Waals surface area contributed by atoms with Gasteiger partial charge in [0.05, 0.1) is 5.69 Å². The lowest BCUT2D eigenvalue weighted by molar-refractivity contribution is 0.481. The maximum absolute atomic E-state index is 4.73. The Morgan fingerprint density at radius 1 is 1.04 bits per heavy atom. The molecule has 0 spiro atoms. The summed E-state index contributed by atoms with van der Waals surface area (Å²) in [5.41, 5.74) is 7.69. The summed E-state index contributed by atoms with van der Waals surface area (Å²) in [6, 6.07) is 12.9. The highest BCUT2D eigenvalue weighted by Gasteiger charge is 2.23. The fourth-order valence-corrected chi connectivity index (χ4v) is 3.22. The van der Waals surface area contributed by atoms with Crippen LogP contribution in [0.15, 0.2) is 54.7 Å². The van der Waals surface area contributed by atoms with E-state index in [9.17, 15) is 0 Å². The topological polar surface area (TPSA) is 12.9 Å². The molecule has 0 saturated heterocycles. The van der Waals surface area contributed by atoms with Gasteiger partial charge in [0.1, 0.15) is 0 Å². The minimum atomic E-state index is 0.539. The van der Waals surface area contributed by atoms with E-state index in [-0.39, 0.29) is 0 Å². The molecule has 1 aromatic carbocycles. The minimum Gasteiger partial charge on any atom is -0.256 e. The van der Waals surface area contributed by atoms with Crippen molar-refractivity contribution in [3.8, 4) is 0 Å². The zero-order valence-electron chi connectivity index (χ0n) is 14.5. The second-order valence-electron chi connectivity index (χ2n) is 6.87. The fourth-order valence-electron chi connectivity index (χ4n) is 3.22. The number of aryl methyl sites for hydroxylation is 2. The Morgan fingerprint density at radius 3 is 2.43 bits per heavy atom. The van der Waals surface area contributed by atoms with Crippen LogP contribution in [-0.2, 0) is 0 Å². The average molecular weight is 303 g/mol. The summed E-state index contributed by atoms with van der Waals surface area (Å²) in [4.78, 5) is 4.73. The van der Waals surface area contributed by atoms with Gasteiger partial charge in [0, 0.05) is 6.20 Å². The molecule has 1 nitrogen and oxygen atoms in total. The lowest BCUT2D eigenvalue weighted by atomic mass is 9.78. The maximum Gasteiger partial charge on any atom is 0.0667 e. The Morgan fingerprint density at radius 2 is 1.78 bits per heavy atom. The van der Waals surface area contributed by atoms with E-state index < -0.39 is 0 Å². The molecule has 1 unspecified atom stereocenters. The molecule has 118 valence electrons. The zero-order valence-corrected chi connectivity index (χ0v) is 14.5. The predicted octanol–water partition coefficient (Wildman–Crippen LogP) is 5.84. The van der Waals surface area contributed by atoms with Gasteiger partial charge in [0.15, 0.2) is 0 Å². The molecule has 0 fully saturated rings. The van der Waals surface area contributed by atoms with Crippen molar-refractivity contribution in [1.82, 2.24) is 4.98 Å². The van der Waals surface area contributed by atoms with Crippen LogP contribution in [0.1, 0.15) is 42.7 Å². The third-order valence-corrected chi connectivity index (χ3v) is 4.88. The van der Waals surface area contributed by atoms with Crippen LogP contribution in [0.5, 0.6) is 0 Å². The van der Waals surface area contributed by atoms with Crippen molar-refractivity contribution in [3.63, 3.8) is 0 Å². The number of hydrogen-bond donors (Lipinski definition) is 0. The van der Waals surface area contributed by atoms with Crippen LogP contribution in [-0.4, -0.2) is 4.98 Å². The molecule has 1 heteroatoms. The van der Waals surface area contributed by atoms with E-state index in [1.807, 2.05) is 6.20 Å². The number of allylic oxidation sites excluding steroid dienone is 4. The van der Waals surface area contributed by atoms with Crippen LogP contribution in [0.2, 0.25) is 0 Å². The maximum atomic E-state index is 4.73. The van der Waals surface area contributed by atoms with Gasteiger partial charge in [-0.3, -0.25) is 4.98 Å². The van der Waals surface area contributed by atoms with Gasteiger partial charge in [-0.05, 0) is 72.1 Å². The van der Waals surface area contributed by atoms with Gasteiger partial charge in [-0.1, -0.05) is 50.3 Å². The minimum absolute atomic E-state index is 0.539. The first-order valence-corrected chi connectivity index (χ1v) is 8.47. The van der Waals surface area contributed by atoms with E-state index in [4.69, 9.17) is 4.98 Å². The third-order valence-electron chi connectivity index (χ3n) is 4.88. The molecule has 1 heterocycles. The summed E-state index contributed by atoms with van der Waals surface area (Å²) in [7, 11) is 0. The Kier molecular flexibility index (Phi) is 4.47. The number of rotatable bonds is 3. The average Bonchev–Trinajstić information content (AvgIpc) is 2.57. The zero-order chi connectivity index (χ0) is 16.4. The lowest BCUT2D eigenvalue weighted by Gasteiger charge is -2.27. The van der Waals surface area contributed by atoms with E-state index in [0.717, 1.165) is 12.1 Å². The van der Waals surface area contributed by atoms with E-state index in [2.05, 4.69) is 76.2 Å². The van der Waals surface area contributed by atoms with E-state index in [1.165, 1.54) is 27.8 Å². The summed E-state index contributed by atoms with van der Waals surface area (Å²) < 4.78 is 0. The summed E-state index contributed by atoms with van der Waals surface area (Å²) in [5, 5.41) is 0. The van der Waals surface area contributed by atoms with Gasteiger partial charge in [-0.2, -0.15) is 0 Å². The Bertz CT molecular complexity index is 751. The molecule has 23 heavy (non-hydrogen) atoms. The van der Waals surface area contributed by atoms with Crippen molar-refractivity contribution in [2.24, 2.45) is 11.8 Å². The number of aromatic nitrogens is 1. The second-order valence-corrected chi connectivity index (χ2v) is 6.87. The van der Waals surface area contributed by atoms with Gasteiger partial charge in [0.2, 0.25) is 0 Å². The van der Waals surface area contributed by atoms with Crippen molar-refractivity contribution in [1.29, 1.82) is 0 Å². The summed E-state index contributed by atoms with van der Waals surface area (Å²) in [6.45, 7) is 8.90. The second kappa shape index (κ2) is 6.54. The SMILES string of the molecule is Cc1cnc(C2=CC(c3ccccc3)=CCC2C(C)C)cc1C. The van der Waals surface area contributed by atoms with E-state index >= 15 is 0 Å². The molecule has 0 amide bonds. The normalized spacial score (nSPS) is 17.9. The van der Waals surface area contributed by atoms with Crippen LogP contribution in [0.25, 0.3) is 11.1 Å². The number of nitrogens with zero attached hydrogens (tertiary/aromatic N) is 1. The molecule has 1 atom stereocenters. The van der Waals surface area contributed by atoms with Crippen LogP contribution in [0.4, 0.5) is 0 Å². The van der Waals surface area contributed by atoms with Gasteiger partial charge >= 0.3 is 0 Å². The Labute approximate surface area is 139 Å². The molecule has 0 saturated carbocycles. The van der Waals surface area contributed by atoms with Crippen molar-refractivity contribution >= 4 is 11.1 Å². The molecule has 1 aromatic heterocycles. The Hall–Kier alpha value is -2.15. The van der Waals surface area contributed by atoms with E-state index in [1.54, 1.807) is 0 Å². The van der Waals surface area contributed by atoms with Gasteiger partial charge in [-0.25, -0.2) is 0 Å². The molecule has 1 aliphatic rings. The van der Waals surface area contributed by atoms with Crippen LogP contribution in [0.3, 0.4) is 0 Å². The molecule has 1 aliphatic carbocycles. The molecule has 2 aromatic rings. The van der Waals surface area contributed by atoms with Crippen LogP contribution >= 0.6 is 0 Å². The smallest absolute Gasteiger partial charge is 0.0667 e. The third kappa shape index (κ3) is 3.29. The molecule has 0 aliphatic heterocycles.